The first-order valence-corrected chi connectivity index (χ1v) is 16.0. The second-order valence-electron chi connectivity index (χ2n) is 10.0. The highest BCUT2D eigenvalue weighted by molar-refractivity contribution is 7.61. The topological polar surface area (TPSA) is 355 Å². The number of hydrogen-bond acceptors (Lipinski definition) is 18. The minimum absolute atomic E-state index is 0.00856. The van der Waals surface area contributed by atoms with E-state index in [2.05, 4.69) is 34.2 Å². The summed E-state index contributed by atoms with van der Waals surface area (Å²) in [5.74, 6) is -0.277. The third kappa shape index (κ3) is 6.02. The van der Waals surface area contributed by atoms with Crippen LogP contribution in [0.1, 0.15) is 12.5 Å². The van der Waals surface area contributed by atoms with Crippen LogP contribution in [0.4, 0.5) is 5.95 Å². The molecule has 5 unspecified atom stereocenters. The summed E-state index contributed by atoms with van der Waals surface area (Å²) in [6, 6.07) is 0. The van der Waals surface area contributed by atoms with Crippen molar-refractivity contribution in [2.75, 3.05) is 18.9 Å². The van der Waals surface area contributed by atoms with E-state index in [0.29, 0.717) is 0 Å². The lowest BCUT2D eigenvalue weighted by Gasteiger charge is -2.23. The Morgan fingerprint density at radius 3 is 1.89 bits per heavy atom. The molecule has 2 aliphatic rings. The normalized spacial score (nSPS) is 30.0. The number of fused-ring (bicyclic) bond motifs is 2. The van der Waals surface area contributed by atoms with Gasteiger partial charge in [-0.25, -0.2) is 24.1 Å². The van der Waals surface area contributed by atoms with E-state index in [4.69, 9.17) is 24.3 Å². The van der Waals surface area contributed by atoms with Gasteiger partial charge in [0.2, 0.25) is 5.95 Å². The van der Waals surface area contributed by atoms with Gasteiger partial charge in [0.25, 0.3) is 11.1 Å². The highest BCUT2D eigenvalue weighted by Gasteiger charge is 2.49. The highest BCUT2D eigenvalue weighted by Crippen LogP contribution is 2.61. The molecule has 0 saturated carbocycles. The molecule has 0 aromatic carbocycles. The summed E-state index contributed by atoms with van der Waals surface area (Å²) in [5.41, 5.74) is 3.91. The minimum Gasteiger partial charge on any atom is -0.387 e. The van der Waals surface area contributed by atoms with E-state index >= 15 is 0 Å². The van der Waals surface area contributed by atoms with Gasteiger partial charge in [-0.1, -0.05) is 0 Å². The Bertz CT molecular complexity index is 1970. The summed E-state index contributed by atoms with van der Waals surface area (Å²) < 4.78 is 52.7. The number of phosphoric ester groups is 1. The van der Waals surface area contributed by atoms with Crippen molar-refractivity contribution in [3.63, 3.8) is 0 Å². The smallest absolute Gasteiger partial charge is 0.387 e. The fourth-order valence-corrected chi connectivity index (χ4v) is 7.07. The monoisotopic (exact) mass is 693 g/mol. The first-order chi connectivity index (χ1) is 21.7. The van der Waals surface area contributed by atoms with Crippen molar-refractivity contribution in [3.05, 3.63) is 39.7 Å². The zero-order valence-electron chi connectivity index (χ0n) is 22.8. The number of imidazole rings is 2. The van der Waals surface area contributed by atoms with Crippen LogP contribution in [0.5, 0.6) is 0 Å². The van der Waals surface area contributed by atoms with Gasteiger partial charge in [0.15, 0.2) is 34.8 Å². The number of aromatic nitrogens is 8. The van der Waals surface area contributed by atoms with Crippen LogP contribution in [0.3, 0.4) is 0 Å². The van der Waals surface area contributed by atoms with E-state index in [9.17, 15) is 48.9 Å². The van der Waals surface area contributed by atoms with Gasteiger partial charge < -0.3 is 50.4 Å². The molecule has 2 saturated heterocycles. The maximum absolute atomic E-state index is 13.3. The quantitative estimate of drug-likeness (QED) is 0.0722. The second kappa shape index (κ2) is 12.0. The molecule has 250 valence electrons. The number of nitrogens with one attached hydrogen (secondary N) is 2. The van der Waals surface area contributed by atoms with Gasteiger partial charge in [-0.15, -0.1) is 0 Å². The van der Waals surface area contributed by atoms with Gasteiger partial charge >= 0.3 is 15.6 Å². The summed E-state index contributed by atoms with van der Waals surface area (Å²) >= 11 is 0. The first-order valence-electron chi connectivity index (χ1n) is 13.0. The van der Waals surface area contributed by atoms with Crippen LogP contribution in [0.15, 0.2) is 28.6 Å². The molecule has 0 aliphatic carbocycles. The molecule has 24 nitrogen and oxygen atoms in total. The molecule has 6 rings (SSSR count). The van der Waals surface area contributed by atoms with Crippen LogP contribution < -0.4 is 16.9 Å². The minimum atomic E-state index is -5.57. The summed E-state index contributed by atoms with van der Waals surface area (Å²) in [6.45, 7) is -1.88. The Hall–Kier alpha value is -3.48. The van der Waals surface area contributed by atoms with Crippen molar-refractivity contribution < 1.29 is 62.2 Å². The lowest BCUT2D eigenvalue weighted by atomic mass is 10.1. The van der Waals surface area contributed by atoms with Gasteiger partial charge in [0, 0.05) is 0 Å². The molecule has 0 radical (unpaired) electrons. The van der Waals surface area contributed by atoms with E-state index in [-0.39, 0.29) is 28.3 Å². The third-order valence-corrected chi connectivity index (χ3v) is 9.62. The zero-order chi connectivity index (χ0) is 33.1. The lowest BCUT2D eigenvalue weighted by Crippen LogP contribution is -2.34. The van der Waals surface area contributed by atoms with Crippen LogP contribution in [-0.2, 0) is 32.0 Å². The molecular weight excluding hydrogens is 668 g/mol. The third-order valence-electron chi connectivity index (χ3n) is 7.04. The molecule has 4 aromatic rings. The maximum Gasteiger partial charge on any atom is 0.483 e. The molecule has 4 aromatic heterocycles. The van der Waals surface area contributed by atoms with Gasteiger partial charge in [0.05, 0.1) is 32.2 Å². The van der Waals surface area contributed by atoms with Crippen LogP contribution >= 0.6 is 15.6 Å². The number of ether oxygens (including phenoxy) is 2. The Morgan fingerprint density at radius 1 is 0.826 bits per heavy atom. The van der Waals surface area contributed by atoms with Crippen molar-refractivity contribution in [2.24, 2.45) is 0 Å². The largest absolute Gasteiger partial charge is 0.483 e. The molecule has 10 N–H and O–H groups in total. The molecule has 2 aliphatic heterocycles. The van der Waals surface area contributed by atoms with Gasteiger partial charge in [0.1, 0.15) is 36.6 Å². The first kappa shape index (κ1) is 32.5. The summed E-state index contributed by atoms with van der Waals surface area (Å²) in [5, 5.41) is 42.3. The standard InChI is InChI=1S/C20H25N9O15P2/c21-20-26-15-9(17(35)27-20)25-5-29(15)19-13(33)11(31)7(43-19)2-41-46(39,44-45(36,37)38)40-1-6-10(30)12(32)18(42-6)28-4-24-8-14(28)22-3-23-16(8)34/h3-7,10-13,18-19,30-33H,1-2H2,(H,22,23,34)(H2,36,37,38)(H3,21,26,27,35)/t6-,7-,10?,11?,12?,13?,18-,19-,46?/m1/s1. The molecule has 26 heteroatoms. The Balaban J connectivity index is 1.15. The molecule has 6 heterocycles. The molecule has 0 bridgehead atoms. The van der Waals surface area contributed by atoms with E-state index < -0.39 is 89.1 Å². The van der Waals surface area contributed by atoms with E-state index in [1.54, 1.807) is 0 Å². The van der Waals surface area contributed by atoms with Crippen molar-refractivity contribution >= 4 is 43.9 Å². The average molecular weight is 693 g/mol. The number of anilines is 1. The fourth-order valence-electron chi connectivity index (χ4n) is 4.92. The number of aliphatic hydroxyl groups is 4. The van der Waals surface area contributed by atoms with Crippen LogP contribution in [-0.4, -0.2) is 119 Å². The van der Waals surface area contributed by atoms with Crippen LogP contribution in [0, 0.1) is 0 Å². The van der Waals surface area contributed by atoms with Crippen molar-refractivity contribution in [1.82, 2.24) is 39.0 Å². The number of H-pyrrole nitrogens is 2. The number of hydrogen-bond donors (Lipinski definition) is 9. The van der Waals surface area contributed by atoms with Crippen LogP contribution in [0.25, 0.3) is 22.3 Å². The zero-order valence-corrected chi connectivity index (χ0v) is 24.6. The highest BCUT2D eigenvalue weighted by atomic mass is 31.3. The van der Waals surface area contributed by atoms with Gasteiger partial charge in [-0.05, 0) is 0 Å². The SMILES string of the molecule is Nc1nc2c(ncn2[C@@H]2O[C@H](COP(=O)(OC[C@H]3O[C@@H](n4cnc5c(=O)[nH]cnc54)C(O)C3O)OP(=O)(O)O)C(O)C2O)c(=O)[nH]1. The fraction of sp³-hybridized carbons (Fsp3) is 0.500. The lowest BCUT2D eigenvalue weighted by molar-refractivity contribution is -0.0607. The Labute approximate surface area is 253 Å². The number of phosphoric acid groups is 2. The van der Waals surface area contributed by atoms with Crippen LogP contribution in [0.2, 0.25) is 0 Å². The predicted molar refractivity (Wildman–Crippen MR) is 145 cm³/mol. The number of nitrogens with zero attached hydrogens (tertiary/aromatic N) is 6. The molecule has 0 amide bonds. The molecule has 9 atom stereocenters. The van der Waals surface area contributed by atoms with E-state index in [1.165, 1.54) is 0 Å². The Kier molecular flexibility index (Phi) is 8.43. The van der Waals surface area contributed by atoms with Crippen molar-refractivity contribution in [1.29, 1.82) is 0 Å². The van der Waals surface area contributed by atoms with Crippen molar-refractivity contribution in [3.8, 4) is 0 Å². The molecular formula is C20H25N9O15P2. The molecule has 0 spiro atoms. The number of nitrogen functional groups attached to an aromatic ring is 1. The number of rotatable bonds is 10. The average Bonchev–Trinajstić information content (AvgIpc) is 3.72. The summed E-state index contributed by atoms with van der Waals surface area (Å²) in [7, 11) is -10.8. The van der Waals surface area contributed by atoms with Gasteiger partial charge in [-0.2, -0.15) is 9.29 Å². The Morgan fingerprint density at radius 2 is 1.35 bits per heavy atom. The maximum atomic E-state index is 13.3. The van der Waals surface area contributed by atoms with Crippen molar-refractivity contribution in [2.45, 2.75) is 49.1 Å². The predicted octanol–water partition coefficient (Wildman–Crippen LogP) is -3.68. The molecule has 46 heavy (non-hydrogen) atoms. The summed E-state index contributed by atoms with van der Waals surface area (Å²) in [4.78, 5) is 63.0. The van der Waals surface area contributed by atoms with E-state index in [1.807, 2.05) is 0 Å². The number of aromatic amines is 2. The number of aliphatic hydroxyl groups excluding tert-OH is 4. The van der Waals surface area contributed by atoms with E-state index in [0.717, 1.165) is 28.1 Å². The van der Waals surface area contributed by atoms with Gasteiger partial charge in [-0.3, -0.25) is 32.8 Å². The number of nitrogens with two attached hydrogens (primary N) is 1. The summed E-state index contributed by atoms with van der Waals surface area (Å²) in [6.07, 6.45) is -9.45. The second-order valence-corrected chi connectivity index (χ2v) is 13.1. The molecule has 2 fully saturated rings.